The van der Waals surface area contributed by atoms with Gasteiger partial charge in [-0.3, -0.25) is 28.8 Å². The number of hydrogen-bond donors (Lipinski definition) is 8. The smallest absolute Gasteiger partial charge is 0.303 e. The van der Waals surface area contributed by atoms with E-state index in [0.717, 1.165) is 16.5 Å². The van der Waals surface area contributed by atoms with Gasteiger partial charge < -0.3 is 41.8 Å². The Labute approximate surface area is 308 Å². The van der Waals surface area contributed by atoms with Crippen LogP contribution in [-0.4, -0.2) is 87.5 Å². The van der Waals surface area contributed by atoms with Crippen molar-refractivity contribution < 1.29 is 39.0 Å². The van der Waals surface area contributed by atoms with E-state index in [-0.39, 0.29) is 63.2 Å². The highest BCUT2D eigenvalue weighted by atomic mass is 16.4. The summed E-state index contributed by atoms with van der Waals surface area (Å²) >= 11 is 0. The zero-order valence-corrected chi connectivity index (χ0v) is 31.0. The van der Waals surface area contributed by atoms with E-state index in [2.05, 4.69) is 31.6 Å². The van der Waals surface area contributed by atoms with Gasteiger partial charge in [-0.1, -0.05) is 73.6 Å². The Morgan fingerprint density at radius 2 is 1.46 bits per heavy atom. The van der Waals surface area contributed by atoms with Crippen molar-refractivity contribution in [3.63, 3.8) is 0 Å². The lowest BCUT2D eigenvalue weighted by molar-refractivity contribution is -0.137. The number of carboxylic acids is 1. The summed E-state index contributed by atoms with van der Waals surface area (Å²) in [4.78, 5) is 80.3. The molecule has 1 aromatic carbocycles. The van der Waals surface area contributed by atoms with Gasteiger partial charge in [0.25, 0.3) is 0 Å². The second kappa shape index (κ2) is 22.5. The van der Waals surface area contributed by atoms with Crippen LogP contribution >= 0.6 is 0 Å². The van der Waals surface area contributed by atoms with Gasteiger partial charge in [0.1, 0.15) is 18.1 Å². The molecule has 1 heterocycles. The Morgan fingerprint density at radius 1 is 0.808 bits per heavy atom. The van der Waals surface area contributed by atoms with Gasteiger partial charge in [-0.05, 0) is 49.1 Å². The number of aliphatic hydroxyl groups is 1. The van der Waals surface area contributed by atoms with Gasteiger partial charge in [0.2, 0.25) is 29.5 Å². The summed E-state index contributed by atoms with van der Waals surface area (Å²) in [5.41, 5.74) is 1.60. The molecular weight excluding hydrogens is 668 g/mol. The van der Waals surface area contributed by atoms with Crippen molar-refractivity contribution in [3.8, 4) is 0 Å². The van der Waals surface area contributed by atoms with Crippen LogP contribution in [0.25, 0.3) is 10.9 Å². The molecule has 8 N–H and O–H groups in total. The zero-order valence-electron chi connectivity index (χ0n) is 31.0. The molecule has 1 aromatic heterocycles. The molecule has 0 saturated heterocycles. The third-order valence-electron chi connectivity index (χ3n) is 8.87. The standard InChI is InChI=1S/C37H58N6O8.CH4/c1-8-23(7)34(42-30(45)15-12-16-32(47)48)37(51)41-28(18-24-20-39-26-14-11-10-13-25(24)26)35(49)40-27(17-21(3)4)29(44)19-31(46)43-33(22(5)6)36(50)38-9-2;/h10-11,13-14,20-23,27-29,33-34,39,44H,8-9,12,15-19H2,1-7H3,(H,38,50)(H,40,49)(H,41,51)(H,42,45)(H,43,46)(H,47,48);1H4/t23-,27-,28-,29-,33-,34-;/m0./s1. The Kier molecular flexibility index (Phi) is 19.7. The van der Waals surface area contributed by atoms with E-state index in [4.69, 9.17) is 5.11 Å². The maximum atomic E-state index is 14.1. The van der Waals surface area contributed by atoms with Gasteiger partial charge in [-0.2, -0.15) is 0 Å². The van der Waals surface area contributed by atoms with Crippen LogP contribution in [0.4, 0.5) is 0 Å². The highest BCUT2D eigenvalue weighted by Crippen LogP contribution is 2.20. The minimum absolute atomic E-state index is 0. The average Bonchev–Trinajstić information content (AvgIpc) is 3.47. The summed E-state index contributed by atoms with van der Waals surface area (Å²) in [6.07, 6.45) is 0.878. The van der Waals surface area contributed by atoms with Gasteiger partial charge in [-0.25, -0.2) is 0 Å². The van der Waals surface area contributed by atoms with E-state index in [1.807, 2.05) is 45.0 Å². The van der Waals surface area contributed by atoms with Crippen LogP contribution in [0.5, 0.6) is 0 Å². The number of aromatic amines is 1. The van der Waals surface area contributed by atoms with Crippen LogP contribution in [0.3, 0.4) is 0 Å². The van der Waals surface area contributed by atoms with Crippen molar-refractivity contribution >= 4 is 46.4 Å². The monoisotopic (exact) mass is 730 g/mol. The Morgan fingerprint density at radius 3 is 2.06 bits per heavy atom. The number of amides is 5. The number of carboxylic acid groups (broad SMARTS) is 1. The molecule has 6 atom stereocenters. The molecule has 0 aliphatic heterocycles. The average molecular weight is 731 g/mol. The third-order valence-corrected chi connectivity index (χ3v) is 8.87. The van der Waals surface area contributed by atoms with Crippen LogP contribution in [-0.2, 0) is 35.2 Å². The first-order valence-corrected chi connectivity index (χ1v) is 18.0. The first-order valence-electron chi connectivity index (χ1n) is 18.0. The molecule has 0 aliphatic carbocycles. The fourth-order valence-corrected chi connectivity index (χ4v) is 5.83. The number of nitrogens with one attached hydrogen (secondary N) is 6. The Hall–Kier alpha value is -4.46. The number of benzene rings is 1. The number of para-hydroxylation sites is 1. The molecule has 14 nitrogen and oxygen atoms in total. The lowest BCUT2D eigenvalue weighted by Gasteiger charge is -2.30. The second-order valence-corrected chi connectivity index (χ2v) is 14.0. The summed E-state index contributed by atoms with van der Waals surface area (Å²) in [6.45, 7) is 13.3. The maximum absolute atomic E-state index is 14.1. The molecule has 5 amide bonds. The van der Waals surface area contributed by atoms with E-state index < -0.39 is 59.9 Å². The highest BCUT2D eigenvalue weighted by Gasteiger charge is 2.33. The summed E-state index contributed by atoms with van der Waals surface area (Å²) < 4.78 is 0. The molecule has 2 aromatic rings. The van der Waals surface area contributed by atoms with Crippen molar-refractivity contribution in [2.24, 2.45) is 17.8 Å². The minimum Gasteiger partial charge on any atom is -0.481 e. The zero-order chi connectivity index (χ0) is 38.2. The van der Waals surface area contributed by atoms with Gasteiger partial charge >= 0.3 is 5.97 Å². The van der Waals surface area contributed by atoms with Crippen molar-refractivity contribution in [2.45, 2.75) is 131 Å². The predicted molar refractivity (Wildman–Crippen MR) is 201 cm³/mol. The largest absolute Gasteiger partial charge is 0.481 e. The number of aliphatic hydroxyl groups excluding tert-OH is 1. The summed E-state index contributed by atoms with van der Waals surface area (Å²) in [7, 11) is 0. The lowest BCUT2D eigenvalue weighted by Crippen LogP contribution is -2.58. The number of carbonyl (C=O) groups is 6. The number of rotatable bonds is 22. The Balaban J connectivity index is 0.0000135. The summed E-state index contributed by atoms with van der Waals surface area (Å²) in [5.74, 6) is -4.04. The van der Waals surface area contributed by atoms with Crippen LogP contribution in [0.15, 0.2) is 30.5 Å². The normalized spacial score (nSPS) is 14.7. The number of aliphatic carboxylic acids is 1. The summed E-state index contributed by atoms with van der Waals surface area (Å²) in [5, 5.41) is 34.9. The van der Waals surface area contributed by atoms with Crippen LogP contribution in [0, 0.1) is 17.8 Å². The van der Waals surface area contributed by atoms with Crippen molar-refractivity contribution in [2.75, 3.05) is 6.54 Å². The highest BCUT2D eigenvalue weighted by molar-refractivity contribution is 5.93. The second-order valence-electron chi connectivity index (χ2n) is 14.0. The van der Waals surface area contributed by atoms with E-state index in [1.165, 1.54) is 0 Å². The first-order chi connectivity index (χ1) is 24.1. The number of H-pyrrole nitrogens is 1. The van der Waals surface area contributed by atoms with Crippen LogP contribution < -0.4 is 26.6 Å². The van der Waals surface area contributed by atoms with E-state index in [1.54, 1.807) is 33.9 Å². The molecule has 14 heteroatoms. The molecule has 0 bridgehead atoms. The number of aromatic nitrogens is 1. The molecule has 0 spiro atoms. The first kappa shape index (κ1) is 45.6. The molecule has 0 unspecified atom stereocenters. The van der Waals surface area contributed by atoms with E-state index >= 15 is 0 Å². The van der Waals surface area contributed by atoms with Crippen molar-refractivity contribution in [1.82, 2.24) is 31.6 Å². The van der Waals surface area contributed by atoms with E-state index in [9.17, 15) is 33.9 Å². The molecule has 0 saturated carbocycles. The maximum Gasteiger partial charge on any atom is 0.303 e. The molecule has 0 radical (unpaired) electrons. The molecule has 292 valence electrons. The van der Waals surface area contributed by atoms with Gasteiger partial charge in [0.05, 0.1) is 18.6 Å². The van der Waals surface area contributed by atoms with E-state index in [0.29, 0.717) is 19.4 Å². The van der Waals surface area contributed by atoms with Crippen LogP contribution in [0.2, 0.25) is 0 Å². The Bertz CT molecular complexity index is 1470. The molecular formula is C38H62N6O8. The number of carbonyl (C=O) groups excluding carboxylic acids is 5. The fraction of sp³-hybridized carbons (Fsp3) is 0.632. The van der Waals surface area contributed by atoms with Gasteiger partial charge in [-0.15, -0.1) is 0 Å². The topological polar surface area (TPSA) is 219 Å². The lowest BCUT2D eigenvalue weighted by atomic mass is 9.95. The number of fused-ring (bicyclic) bond motifs is 1. The van der Waals surface area contributed by atoms with Crippen molar-refractivity contribution in [3.05, 3.63) is 36.0 Å². The minimum atomic E-state index is -1.30. The fourth-order valence-electron chi connectivity index (χ4n) is 5.83. The van der Waals surface area contributed by atoms with Crippen LogP contribution in [0.1, 0.15) is 100.0 Å². The summed E-state index contributed by atoms with van der Waals surface area (Å²) in [6, 6.07) is 3.73. The van der Waals surface area contributed by atoms with Gasteiger partial charge in [0.15, 0.2) is 0 Å². The molecule has 0 aliphatic rings. The third kappa shape index (κ3) is 14.6. The molecule has 2 rings (SSSR count). The number of likely N-dealkylation sites (N-methyl/N-ethyl adjacent to an activating group) is 1. The number of hydrogen-bond acceptors (Lipinski definition) is 7. The quantitative estimate of drug-likeness (QED) is 0.0898. The van der Waals surface area contributed by atoms with Crippen molar-refractivity contribution in [1.29, 1.82) is 0 Å². The molecule has 0 fully saturated rings. The molecule has 52 heavy (non-hydrogen) atoms. The SMILES string of the molecule is C.CCNC(=O)[C@@H](NC(=O)C[C@H](O)[C@H](CC(C)C)NC(=O)[C@H](Cc1c[nH]c2ccccc12)NC(=O)[C@@H](NC(=O)CCCC(=O)O)[C@@H](C)CC)C(C)C. The predicted octanol–water partition coefficient (Wildman–Crippen LogP) is 3.18. The van der Waals surface area contributed by atoms with Gasteiger partial charge in [0, 0.05) is 42.9 Å².